The number of carbonyl (C=O) groups excluding carboxylic acids is 2. The Morgan fingerprint density at radius 2 is 1.43 bits per heavy atom. The van der Waals surface area contributed by atoms with E-state index in [4.69, 9.17) is 0 Å². The molecule has 0 radical (unpaired) electrons. The smallest absolute Gasteiger partial charge is 0.233 e. The number of amides is 2. The highest BCUT2D eigenvalue weighted by molar-refractivity contribution is 6.05. The van der Waals surface area contributed by atoms with Crippen molar-refractivity contribution in [2.75, 3.05) is 44.2 Å². The predicted molar refractivity (Wildman–Crippen MR) is 111 cm³/mol. The molecule has 2 atom stereocenters. The molecule has 2 heterocycles. The van der Waals surface area contributed by atoms with Crippen LogP contribution in [0.2, 0.25) is 0 Å². The highest BCUT2D eigenvalue weighted by Crippen LogP contribution is 2.35. The molecule has 2 unspecified atom stereocenters. The Labute approximate surface area is 168 Å². The molecule has 2 amide bonds. The molecule has 150 valence electrons. The second-order valence-corrected chi connectivity index (χ2v) is 8.41. The summed E-state index contributed by atoms with van der Waals surface area (Å²) in [6.45, 7) is 10.0. The lowest BCUT2D eigenvalue weighted by atomic mass is 9.85. The largest absolute Gasteiger partial charge is 0.369 e. The lowest BCUT2D eigenvalue weighted by Gasteiger charge is -2.37. The summed E-state index contributed by atoms with van der Waals surface area (Å²) in [6, 6.07) is 6.50. The minimum absolute atomic E-state index is 0.0548. The number of para-hydroxylation sites is 1. The first-order valence-corrected chi connectivity index (χ1v) is 10.6. The molecule has 0 bridgehead atoms. The zero-order chi connectivity index (χ0) is 19.7. The van der Waals surface area contributed by atoms with Crippen molar-refractivity contribution in [2.45, 2.75) is 33.1 Å². The van der Waals surface area contributed by atoms with Crippen LogP contribution in [0, 0.1) is 25.7 Å². The maximum Gasteiger partial charge on any atom is 0.233 e. The van der Waals surface area contributed by atoms with Gasteiger partial charge in [0.1, 0.15) is 0 Å². The summed E-state index contributed by atoms with van der Waals surface area (Å²) < 4.78 is 0. The molecule has 2 saturated heterocycles. The molecule has 5 nitrogen and oxygen atoms in total. The van der Waals surface area contributed by atoms with Gasteiger partial charge in [0, 0.05) is 38.4 Å². The fourth-order valence-electron chi connectivity index (χ4n) is 5.04. The molecular weight excluding hydrogens is 350 g/mol. The third kappa shape index (κ3) is 3.60. The monoisotopic (exact) mass is 381 g/mol. The van der Waals surface area contributed by atoms with Crippen molar-refractivity contribution < 1.29 is 9.59 Å². The Kier molecular flexibility index (Phi) is 5.54. The van der Waals surface area contributed by atoms with E-state index in [0.29, 0.717) is 6.54 Å². The Balaban J connectivity index is 1.25. The third-order valence-corrected chi connectivity index (χ3v) is 6.58. The molecular formula is C23H31N3O2. The van der Waals surface area contributed by atoms with Gasteiger partial charge in [-0.3, -0.25) is 19.4 Å². The molecule has 28 heavy (non-hydrogen) atoms. The summed E-state index contributed by atoms with van der Waals surface area (Å²) in [5, 5.41) is 0. The average molecular weight is 382 g/mol. The highest BCUT2D eigenvalue weighted by Gasteiger charge is 2.46. The zero-order valence-electron chi connectivity index (χ0n) is 17.1. The van der Waals surface area contributed by atoms with Gasteiger partial charge in [-0.2, -0.15) is 0 Å². The van der Waals surface area contributed by atoms with Crippen molar-refractivity contribution >= 4 is 17.5 Å². The number of allylic oxidation sites excluding steroid dienone is 2. The van der Waals surface area contributed by atoms with Crippen LogP contribution >= 0.6 is 0 Å². The standard InChI is InChI=1S/C23H31N3O2/c1-17-7-5-8-18(2)21(17)25-15-13-24(14-16-25)11-6-12-26-22(27)19-9-3-4-10-20(19)23(26)28/h3-5,7-8,19-20H,6,9-16H2,1-2H3. The van der Waals surface area contributed by atoms with Gasteiger partial charge in [-0.25, -0.2) is 0 Å². The van der Waals surface area contributed by atoms with E-state index in [2.05, 4.69) is 41.8 Å². The van der Waals surface area contributed by atoms with E-state index in [1.165, 1.54) is 21.7 Å². The van der Waals surface area contributed by atoms with Crippen molar-refractivity contribution in [3.8, 4) is 0 Å². The van der Waals surface area contributed by atoms with Gasteiger partial charge >= 0.3 is 0 Å². The number of carbonyl (C=O) groups is 2. The molecule has 2 aliphatic heterocycles. The summed E-state index contributed by atoms with van der Waals surface area (Å²) in [5.74, 6) is -0.0878. The van der Waals surface area contributed by atoms with Crippen LogP contribution in [0.1, 0.15) is 30.4 Å². The minimum Gasteiger partial charge on any atom is -0.369 e. The number of piperazine rings is 1. The van der Waals surface area contributed by atoms with Crippen LogP contribution in [0.25, 0.3) is 0 Å². The molecule has 5 heteroatoms. The zero-order valence-corrected chi connectivity index (χ0v) is 17.1. The van der Waals surface area contributed by atoms with Gasteiger partial charge in [0.05, 0.1) is 11.8 Å². The molecule has 1 aromatic carbocycles. The van der Waals surface area contributed by atoms with Gasteiger partial charge in [-0.05, 0) is 50.8 Å². The van der Waals surface area contributed by atoms with E-state index in [1.54, 1.807) is 0 Å². The van der Waals surface area contributed by atoms with Crippen molar-refractivity contribution in [3.63, 3.8) is 0 Å². The number of fused-ring (bicyclic) bond motifs is 1. The normalized spacial score (nSPS) is 25.5. The first-order valence-electron chi connectivity index (χ1n) is 10.6. The number of hydrogen-bond acceptors (Lipinski definition) is 4. The predicted octanol–water partition coefficient (Wildman–Crippen LogP) is 2.77. The molecule has 2 fully saturated rings. The van der Waals surface area contributed by atoms with Gasteiger partial charge < -0.3 is 4.90 Å². The van der Waals surface area contributed by atoms with Gasteiger partial charge in [0.15, 0.2) is 0 Å². The second-order valence-electron chi connectivity index (χ2n) is 8.41. The number of hydrogen-bond donors (Lipinski definition) is 0. The summed E-state index contributed by atoms with van der Waals surface area (Å²) >= 11 is 0. The number of rotatable bonds is 5. The molecule has 0 aromatic heterocycles. The number of benzene rings is 1. The lowest BCUT2D eigenvalue weighted by molar-refractivity contribution is -0.140. The average Bonchev–Trinajstić information content (AvgIpc) is 2.94. The first-order chi connectivity index (χ1) is 13.6. The summed E-state index contributed by atoms with van der Waals surface area (Å²) in [6.07, 6.45) is 6.42. The van der Waals surface area contributed by atoms with Crippen LogP contribution < -0.4 is 4.90 Å². The minimum atomic E-state index is -0.0987. The van der Waals surface area contributed by atoms with Crippen LogP contribution in [-0.2, 0) is 9.59 Å². The summed E-state index contributed by atoms with van der Waals surface area (Å²) in [5.41, 5.74) is 4.07. The Morgan fingerprint density at radius 3 is 2.00 bits per heavy atom. The Bertz CT molecular complexity index is 734. The fraction of sp³-hybridized carbons (Fsp3) is 0.565. The van der Waals surface area contributed by atoms with Crippen LogP contribution in [0.3, 0.4) is 0 Å². The molecule has 4 rings (SSSR count). The third-order valence-electron chi connectivity index (χ3n) is 6.58. The number of aryl methyl sites for hydroxylation is 2. The fourth-order valence-corrected chi connectivity index (χ4v) is 5.04. The van der Waals surface area contributed by atoms with Crippen molar-refractivity contribution in [1.29, 1.82) is 0 Å². The highest BCUT2D eigenvalue weighted by atomic mass is 16.2. The van der Waals surface area contributed by atoms with Crippen molar-refractivity contribution in [3.05, 3.63) is 41.5 Å². The van der Waals surface area contributed by atoms with Crippen molar-refractivity contribution in [2.24, 2.45) is 11.8 Å². The van der Waals surface area contributed by atoms with Crippen LogP contribution in [0.4, 0.5) is 5.69 Å². The Morgan fingerprint density at radius 1 is 0.857 bits per heavy atom. The van der Waals surface area contributed by atoms with Gasteiger partial charge in [-0.15, -0.1) is 0 Å². The van der Waals surface area contributed by atoms with E-state index in [0.717, 1.165) is 52.0 Å². The molecule has 0 N–H and O–H groups in total. The number of imide groups is 1. The van der Waals surface area contributed by atoms with E-state index >= 15 is 0 Å². The van der Waals surface area contributed by atoms with Crippen LogP contribution in [-0.4, -0.2) is 60.9 Å². The molecule has 0 saturated carbocycles. The lowest BCUT2D eigenvalue weighted by Crippen LogP contribution is -2.47. The number of nitrogens with zero attached hydrogens (tertiary/aromatic N) is 3. The summed E-state index contributed by atoms with van der Waals surface area (Å²) in [4.78, 5) is 31.6. The SMILES string of the molecule is Cc1cccc(C)c1N1CCN(CCCN2C(=O)C3CC=CCC3C2=O)CC1. The number of likely N-dealkylation sites (tertiary alicyclic amines) is 1. The maximum atomic E-state index is 12.5. The van der Waals surface area contributed by atoms with E-state index < -0.39 is 0 Å². The van der Waals surface area contributed by atoms with Crippen LogP contribution in [0.5, 0.6) is 0 Å². The summed E-state index contributed by atoms with van der Waals surface area (Å²) in [7, 11) is 0. The quantitative estimate of drug-likeness (QED) is 0.581. The van der Waals surface area contributed by atoms with Gasteiger partial charge in [-0.1, -0.05) is 30.4 Å². The first kappa shape index (κ1) is 19.2. The molecule has 1 aromatic rings. The topological polar surface area (TPSA) is 43.9 Å². The van der Waals surface area contributed by atoms with Crippen molar-refractivity contribution in [1.82, 2.24) is 9.80 Å². The van der Waals surface area contributed by atoms with E-state index in [-0.39, 0.29) is 23.7 Å². The number of anilines is 1. The van der Waals surface area contributed by atoms with E-state index in [9.17, 15) is 9.59 Å². The van der Waals surface area contributed by atoms with Gasteiger partial charge in [0.25, 0.3) is 0 Å². The second kappa shape index (κ2) is 8.08. The van der Waals surface area contributed by atoms with Crippen LogP contribution in [0.15, 0.2) is 30.4 Å². The van der Waals surface area contributed by atoms with E-state index in [1.807, 2.05) is 12.2 Å². The molecule has 0 spiro atoms. The Hall–Kier alpha value is -2.14. The maximum absolute atomic E-state index is 12.5. The molecule has 1 aliphatic carbocycles. The van der Waals surface area contributed by atoms with Gasteiger partial charge in [0.2, 0.25) is 11.8 Å². The molecule has 3 aliphatic rings.